The molecule has 1 aromatic heterocycles. The molecule has 1 rings (SSSR count). The van der Waals surface area contributed by atoms with Gasteiger partial charge in [0.05, 0.1) is 0 Å². The maximum Gasteiger partial charge on any atom is 0.333 e. The first-order valence-electron chi connectivity index (χ1n) is 5.28. The maximum absolute atomic E-state index is 11.6. The van der Waals surface area contributed by atoms with Crippen molar-refractivity contribution in [2.24, 2.45) is 5.73 Å². The van der Waals surface area contributed by atoms with Crippen molar-refractivity contribution in [3.63, 3.8) is 0 Å². The van der Waals surface area contributed by atoms with Crippen LogP contribution in [0.5, 0.6) is 0 Å². The number of hydrogen-bond donors (Lipinski definition) is 1. The first-order chi connectivity index (χ1) is 7.83. The molecule has 0 bridgehead atoms. The molecule has 0 spiro atoms. The van der Waals surface area contributed by atoms with Gasteiger partial charge in [0.15, 0.2) is 6.04 Å². The van der Waals surface area contributed by atoms with Gasteiger partial charge in [-0.2, -0.15) is 0 Å². The van der Waals surface area contributed by atoms with Crippen molar-refractivity contribution in [3.8, 4) is 0 Å². The third-order valence-corrected chi connectivity index (χ3v) is 2.32. The second kappa shape index (κ2) is 5.50. The van der Waals surface area contributed by atoms with Gasteiger partial charge in [0.2, 0.25) is 5.89 Å². The zero-order valence-corrected chi connectivity index (χ0v) is 11.2. The standard InChI is InChI=1S/C10H17N3O3S/c1-5-17-9-13-12-7(15-9)6(11)8(14)16-10(2,3)4/h6H,5,11H2,1-4H3. The molecule has 96 valence electrons. The van der Waals surface area contributed by atoms with Crippen molar-refractivity contribution >= 4 is 17.7 Å². The van der Waals surface area contributed by atoms with Crippen LogP contribution in [-0.2, 0) is 9.53 Å². The number of carbonyl (C=O) groups is 1. The van der Waals surface area contributed by atoms with Crippen molar-refractivity contribution in [1.82, 2.24) is 10.2 Å². The van der Waals surface area contributed by atoms with Crippen LogP contribution >= 0.6 is 11.8 Å². The van der Waals surface area contributed by atoms with Crippen LogP contribution in [-0.4, -0.2) is 27.5 Å². The molecule has 2 N–H and O–H groups in total. The van der Waals surface area contributed by atoms with Crippen LogP contribution in [0.15, 0.2) is 9.64 Å². The summed E-state index contributed by atoms with van der Waals surface area (Å²) in [6, 6.07) is -1.03. The molecule has 0 aromatic carbocycles. The molecule has 1 unspecified atom stereocenters. The molecule has 0 amide bonds. The van der Waals surface area contributed by atoms with Gasteiger partial charge >= 0.3 is 5.97 Å². The summed E-state index contributed by atoms with van der Waals surface area (Å²) in [5, 5.41) is 7.89. The zero-order valence-electron chi connectivity index (χ0n) is 10.4. The van der Waals surface area contributed by atoms with Gasteiger partial charge in [-0.3, -0.25) is 0 Å². The first kappa shape index (κ1) is 14.0. The molecule has 6 nitrogen and oxygen atoms in total. The summed E-state index contributed by atoms with van der Waals surface area (Å²) in [6.45, 7) is 7.26. The van der Waals surface area contributed by atoms with Gasteiger partial charge < -0.3 is 14.9 Å². The van der Waals surface area contributed by atoms with E-state index in [2.05, 4.69) is 10.2 Å². The highest BCUT2D eigenvalue weighted by Crippen LogP contribution is 2.20. The number of carbonyl (C=O) groups excluding carboxylic acids is 1. The Labute approximate surface area is 104 Å². The third-order valence-electron chi connectivity index (χ3n) is 1.62. The van der Waals surface area contributed by atoms with Crippen molar-refractivity contribution in [1.29, 1.82) is 0 Å². The molecule has 1 aromatic rings. The number of esters is 1. The number of aromatic nitrogens is 2. The molecule has 1 heterocycles. The Morgan fingerprint density at radius 1 is 1.53 bits per heavy atom. The quantitative estimate of drug-likeness (QED) is 0.647. The van der Waals surface area contributed by atoms with Crippen LogP contribution in [0.25, 0.3) is 0 Å². The van der Waals surface area contributed by atoms with Crippen LogP contribution in [0.1, 0.15) is 39.6 Å². The van der Waals surface area contributed by atoms with Crippen LogP contribution in [0.2, 0.25) is 0 Å². The van der Waals surface area contributed by atoms with Crippen LogP contribution in [0.3, 0.4) is 0 Å². The zero-order chi connectivity index (χ0) is 13.1. The monoisotopic (exact) mass is 259 g/mol. The van der Waals surface area contributed by atoms with Gasteiger partial charge in [-0.25, -0.2) is 4.79 Å². The summed E-state index contributed by atoms with van der Waals surface area (Å²) in [6.07, 6.45) is 0. The van der Waals surface area contributed by atoms with Gasteiger partial charge in [0.1, 0.15) is 5.60 Å². The van der Waals surface area contributed by atoms with Crippen LogP contribution < -0.4 is 5.73 Å². The van der Waals surface area contributed by atoms with E-state index < -0.39 is 17.6 Å². The smallest absolute Gasteiger partial charge is 0.333 e. The van der Waals surface area contributed by atoms with E-state index in [0.717, 1.165) is 5.75 Å². The van der Waals surface area contributed by atoms with Gasteiger partial charge in [0, 0.05) is 0 Å². The maximum atomic E-state index is 11.6. The van der Waals surface area contributed by atoms with Crippen molar-refractivity contribution in [3.05, 3.63) is 5.89 Å². The number of hydrogen-bond acceptors (Lipinski definition) is 7. The number of rotatable bonds is 4. The molecule has 0 radical (unpaired) electrons. The van der Waals surface area contributed by atoms with Gasteiger partial charge in [-0.1, -0.05) is 18.7 Å². The molecule has 0 aliphatic rings. The van der Waals surface area contributed by atoms with Crippen molar-refractivity contribution in [2.75, 3.05) is 5.75 Å². The molecular weight excluding hydrogens is 242 g/mol. The number of ether oxygens (including phenoxy) is 1. The minimum Gasteiger partial charge on any atom is -0.458 e. The molecule has 0 fully saturated rings. The summed E-state index contributed by atoms with van der Waals surface area (Å²) < 4.78 is 10.4. The van der Waals surface area contributed by atoms with E-state index in [0.29, 0.717) is 5.22 Å². The fraction of sp³-hybridized carbons (Fsp3) is 0.700. The summed E-state index contributed by atoms with van der Waals surface area (Å²) >= 11 is 1.39. The SMILES string of the molecule is CCSc1nnc(C(N)C(=O)OC(C)(C)C)o1. The summed E-state index contributed by atoms with van der Waals surface area (Å²) in [7, 11) is 0. The molecule has 0 aliphatic heterocycles. The highest BCUT2D eigenvalue weighted by molar-refractivity contribution is 7.99. The molecule has 1 atom stereocenters. The van der Waals surface area contributed by atoms with Gasteiger partial charge in [-0.15, -0.1) is 10.2 Å². The first-order valence-corrected chi connectivity index (χ1v) is 6.26. The Morgan fingerprint density at radius 2 is 2.18 bits per heavy atom. The number of nitrogens with two attached hydrogens (primary N) is 1. The predicted octanol–water partition coefficient (Wildman–Crippen LogP) is 1.52. The minimum atomic E-state index is -1.03. The molecule has 0 aliphatic carbocycles. The van der Waals surface area contributed by atoms with E-state index >= 15 is 0 Å². The topological polar surface area (TPSA) is 91.2 Å². The molecule has 0 saturated heterocycles. The Morgan fingerprint density at radius 3 is 2.71 bits per heavy atom. The van der Waals surface area contributed by atoms with E-state index in [9.17, 15) is 4.79 Å². The third kappa shape index (κ3) is 4.35. The fourth-order valence-corrected chi connectivity index (χ4v) is 1.48. The normalized spacial score (nSPS) is 13.5. The average molecular weight is 259 g/mol. The van der Waals surface area contributed by atoms with E-state index in [4.69, 9.17) is 14.9 Å². The van der Waals surface area contributed by atoms with Crippen LogP contribution in [0, 0.1) is 0 Å². The Bertz CT molecular complexity index is 386. The summed E-state index contributed by atoms with van der Waals surface area (Å²) in [4.78, 5) is 11.6. The Hall–Kier alpha value is -1.08. The molecule has 0 saturated carbocycles. The lowest BCUT2D eigenvalue weighted by atomic mass is 10.2. The Kier molecular flexibility index (Phi) is 4.53. The fourth-order valence-electron chi connectivity index (χ4n) is 0.994. The average Bonchev–Trinajstić information content (AvgIpc) is 2.63. The van der Waals surface area contributed by atoms with E-state index in [1.54, 1.807) is 20.8 Å². The number of nitrogens with zero attached hydrogens (tertiary/aromatic N) is 2. The second-order valence-corrected chi connectivity index (χ2v) is 5.57. The van der Waals surface area contributed by atoms with E-state index in [-0.39, 0.29) is 5.89 Å². The lowest BCUT2D eigenvalue weighted by Gasteiger charge is -2.20. The van der Waals surface area contributed by atoms with Gasteiger partial charge in [0.25, 0.3) is 5.22 Å². The molecule has 17 heavy (non-hydrogen) atoms. The molecular formula is C10H17N3O3S. The second-order valence-electron chi connectivity index (χ2n) is 4.35. The summed E-state index contributed by atoms with van der Waals surface area (Å²) in [5.74, 6) is 0.313. The predicted molar refractivity (Wildman–Crippen MR) is 63.5 cm³/mol. The highest BCUT2D eigenvalue weighted by atomic mass is 32.2. The van der Waals surface area contributed by atoms with Crippen LogP contribution in [0.4, 0.5) is 0 Å². The lowest BCUT2D eigenvalue weighted by molar-refractivity contribution is -0.157. The Balaban J connectivity index is 2.68. The summed E-state index contributed by atoms with van der Waals surface area (Å²) in [5.41, 5.74) is 5.09. The largest absolute Gasteiger partial charge is 0.458 e. The van der Waals surface area contributed by atoms with E-state index in [1.165, 1.54) is 11.8 Å². The number of thioether (sulfide) groups is 1. The van der Waals surface area contributed by atoms with Crippen molar-refractivity contribution in [2.45, 2.75) is 44.6 Å². The van der Waals surface area contributed by atoms with E-state index in [1.807, 2.05) is 6.92 Å². The lowest BCUT2D eigenvalue weighted by Crippen LogP contribution is -2.31. The van der Waals surface area contributed by atoms with Crippen molar-refractivity contribution < 1.29 is 13.9 Å². The molecule has 7 heteroatoms. The van der Waals surface area contributed by atoms with Gasteiger partial charge in [-0.05, 0) is 26.5 Å². The highest BCUT2D eigenvalue weighted by Gasteiger charge is 2.27. The minimum absolute atomic E-state index is 0.0789.